The Hall–Kier alpha value is -0.120. The standard InChI is InChI=1S/C12H27NO2/c1-9(2)11(5)15-8-12(6,7-14)13-10(3)4/h9-11,13-14H,7-8H2,1-6H3. The van der Waals surface area contributed by atoms with Gasteiger partial charge >= 0.3 is 0 Å². The molecular formula is C12H27NO2. The summed E-state index contributed by atoms with van der Waals surface area (Å²) >= 11 is 0. The molecule has 15 heavy (non-hydrogen) atoms. The van der Waals surface area contributed by atoms with Crippen LogP contribution in [0.4, 0.5) is 0 Å². The van der Waals surface area contributed by atoms with Crippen molar-refractivity contribution in [2.75, 3.05) is 13.2 Å². The fourth-order valence-electron chi connectivity index (χ4n) is 1.34. The van der Waals surface area contributed by atoms with E-state index >= 15 is 0 Å². The Morgan fingerprint density at radius 3 is 2.07 bits per heavy atom. The molecule has 0 aliphatic carbocycles. The van der Waals surface area contributed by atoms with Crippen LogP contribution in [0.2, 0.25) is 0 Å². The summed E-state index contributed by atoms with van der Waals surface area (Å²) in [6, 6.07) is 0.347. The molecule has 0 saturated carbocycles. The first-order valence-corrected chi connectivity index (χ1v) is 5.81. The van der Waals surface area contributed by atoms with Crippen LogP contribution in [-0.2, 0) is 4.74 Å². The van der Waals surface area contributed by atoms with E-state index in [1.54, 1.807) is 0 Å². The van der Waals surface area contributed by atoms with E-state index in [0.29, 0.717) is 18.6 Å². The predicted octanol–water partition coefficient (Wildman–Crippen LogP) is 1.80. The van der Waals surface area contributed by atoms with Crippen molar-refractivity contribution >= 4 is 0 Å². The number of rotatable bonds is 7. The third-order valence-electron chi connectivity index (χ3n) is 2.59. The average Bonchev–Trinajstić information content (AvgIpc) is 2.13. The minimum absolute atomic E-state index is 0.0932. The van der Waals surface area contributed by atoms with Gasteiger partial charge < -0.3 is 15.2 Å². The molecule has 92 valence electrons. The van der Waals surface area contributed by atoms with Gasteiger partial charge in [-0.25, -0.2) is 0 Å². The molecule has 0 bridgehead atoms. The van der Waals surface area contributed by atoms with Crippen LogP contribution in [0.5, 0.6) is 0 Å². The minimum Gasteiger partial charge on any atom is -0.394 e. The molecule has 0 aliphatic heterocycles. The van der Waals surface area contributed by atoms with E-state index in [9.17, 15) is 5.11 Å². The summed E-state index contributed by atoms with van der Waals surface area (Å²) < 4.78 is 5.74. The highest BCUT2D eigenvalue weighted by molar-refractivity contribution is 4.84. The van der Waals surface area contributed by atoms with Gasteiger partial charge in [-0.1, -0.05) is 27.7 Å². The van der Waals surface area contributed by atoms with Crippen LogP contribution < -0.4 is 5.32 Å². The van der Waals surface area contributed by atoms with Crippen LogP contribution in [0.15, 0.2) is 0 Å². The molecule has 0 heterocycles. The third-order valence-corrected chi connectivity index (χ3v) is 2.59. The van der Waals surface area contributed by atoms with E-state index in [1.165, 1.54) is 0 Å². The highest BCUT2D eigenvalue weighted by Crippen LogP contribution is 2.11. The number of nitrogens with one attached hydrogen (secondary N) is 1. The van der Waals surface area contributed by atoms with Crippen molar-refractivity contribution in [2.24, 2.45) is 5.92 Å². The van der Waals surface area contributed by atoms with Gasteiger partial charge in [-0.3, -0.25) is 0 Å². The molecule has 0 aromatic carbocycles. The van der Waals surface area contributed by atoms with Crippen LogP contribution >= 0.6 is 0 Å². The number of hydrogen-bond acceptors (Lipinski definition) is 3. The fourth-order valence-corrected chi connectivity index (χ4v) is 1.34. The summed E-state index contributed by atoms with van der Waals surface area (Å²) in [6.45, 7) is 13.1. The first-order chi connectivity index (χ1) is 6.80. The second-order valence-electron chi connectivity index (χ2n) is 5.28. The summed E-state index contributed by atoms with van der Waals surface area (Å²) in [5.41, 5.74) is -0.336. The summed E-state index contributed by atoms with van der Waals surface area (Å²) in [4.78, 5) is 0. The van der Waals surface area contributed by atoms with Crippen LogP contribution in [-0.4, -0.2) is 36.0 Å². The maximum Gasteiger partial charge on any atom is 0.0671 e. The van der Waals surface area contributed by atoms with Gasteiger partial charge in [-0.2, -0.15) is 0 Å². The molecule has 0 aromatic heterocycles. The van der Waals surface area contributed by atoms with Crippen LogP contribution in [0.3, 0.4) is 0 Å². The molecule has 0 fully saturated rings. The highest BCUT2D eigenvalue weighted by atomic mass is 16.5. The Labute approximate surface area is 94.2 Å². The zero-order valence-electron chi connectivity index (χ0n) is 11.0. The van der Waals surface area contributed by atoms with Crippen LogP contribution in [0.25, 0.3) is 0 Å². The zero-order valence-corrected chi connectivity index (χ0v) is 11.0. The minimum atomic E-state index is -0.336. The maximum atomic E-state index is 9.34. The van der Waals surface area contributed by atoms with Crippen molar-refractivity contribution in [1.82, 2.24) is 5.32 Å². The van der Waals surface area contributed by atoms with Crippen LogP contribution in [0.1, 0.15) is 41.5 Å². The molecule has 0 spiro atoms. The molecule has 3 nitrogen and oxygen atoms in total. The average molecular weight is 217 g/mol. The lowest BCUT2D eigenvalue weighted by Crippen LogP contribution is -2.53. The van der Waals surface area contributed by atoms with Gasteiger partial charge in [0.25, 0.3) is 0 Å². The lowest BCUT2D eigenvalue weighted by Gasteiger charge is -2.32. The van der Waals surface area contributed by atoms with Gasteiger partial charge in [0.1, 0.15) is 0 Å². The lowest BCUT2D eigenvalue weighted by atomic mass is 10.0. The van der Waals surface area contributed by atoms with Gasteiger partial charge in [0.05, 0.1) is 24.9 Å². The maximum absolute atomic E-state index is 9.34. The summed E-state index contributed by atoms with van der Waals surface area (Å²) in [5.74, 6) is 0.506. The van der Waals surface area contributed by atoms with Crippen LogP contribution in [0, 0.1) is 5.92 Å². The molecule has 2 N–H and O–H groups in total. The summed E-state index contributed by atoms with van der Waals surface area (Å²) in [6.07, 6.45) is 0.227. The van der Waals surface area contributed by atoms with Crippen molar-refractivity contribution in [3.63, 3.8) is 0 Å². The Balaban J connectivity index is 4.08. The van der Waals surface area contributed by atoms with Gasteiger partial charge in [-0.05, 0) is 19.8 Å². The molecule has 3 heteroatoms. The summed E-state index contributed by atoms with van der Waals surface area (Å²) in [7, 11) is 0. The van der Waals surface area contributed by atoms with E-state index in [1.807, 2.05) is 6.92 Å². The number of aliphatic hydroxyl groups excluding tert-OH is 1. The Morgan fingerprint density at radius 2 is 1.73 bits per heavy atom. The Bertz CT molecular complexity index is 171. The Kier molecular flexibility index (Phi) is 6.41. The topological polar surface area (TPSA) is 41.5 Å². The highest BCUT2D eigenvalue weighted by Gasteiger charge is 2.25. The van der Waals surface area contributed by atoms with Gasteiger partial charge in [0.15, 0.2) is 0 Å². The third kappa shape index (κ3) is 6.13. The largest absolute Gasteiger partial charge is 0.394 e. The smallest absolute Gasteiger partial charge is 0.0671 e. The van der Waals surface area contributed by atoms with Gasteiger partial charge in [0, 0.05) is 6.04 Å². The van der Waals surface area contributed by atoms with Crippen molar-refractivity contribution in [1.29, 1.82) is 0 Å². The van der Waals surface area contributed by atoms with Gasteiger partial charge in [0.2, 0.25) is 0 Å². The van der Waals surface area contributed by atoms with Gasteiger partial charge in [-0.15, -0.1) is 0 Å². The van der Waals surface area contributed by atoms with E-state index in [0.717, 1.165) is 0 Å². The molecule has 0 rings (SSSR count). The fraction of sp³-hybridized carbons (Fsp3) is 1.00. The molecule has 0 amide bonds. The van der Waals surface area contributed by atoms with E-state index < -0.39 is 0 Å². The van der Waals surface area contributed by atoms with E-state index in [2.05, 4.69) is 39.9 Å². The first-order valence-electron chi connectivity index (χ1n) is 5.81. The monoisotopic (exact) mass is 217 g/mol. The van der Waals surface area contributed by atoms with Crippen molar-refractivity contribution in [2.45, 2.75) is 59.2 Å². The second kappa shape index (κ2) is 6.46. The quantitative estimate of drug-likeness (QED) is 0.683. The zero-order chi connectivity index (χ0) is 12.1. The van der Waals surface area contributed by atoms with E-state index in [-0.39, 0.29) is 18.2 Å². The molecule has 0 saturated heterocycles. The predicted molar refractivity (Wildman–Crippen MR) is 64.0 cm³/mol. The van der Waals surface area contributed by atoms with E-state index in [4.69, 9.17) is 4.74 Å². The number of aliphatic hydroxyl groups is 1. The molecular weight excluding hydrogens is 190 g/mol. The van der Waals surface area contributed by atoms with Crippen molar-refractivity contribution in [3.05, 3.63) is 0 Å². The first kappa shape index (κ1) is 14.9. The van der Waals surface area contributed by atoms with Crippen molar-refractivity contribution in [3.8, 4) is 0 Å². The van der Waals surface area contributed by atoms with Crippen molar-refractivity contribution < 1.29 is 9.84 Å². The molecule has 0 aliphatic rings. The normalized spacial score (nSPS) is 18.2. The second-order valence-corrected chi connectivity index (χ2v) is 5.28. The molecule has 2 atom stereocenters. The Morgan fingerprint density at radius 1 is 1.20 bits per heavy atom. The molecule has 0 aromatic rings. The number of hydrogen-bond donors (Lipinski definition) is 2. The molecule has 2 unspecified atom stereocenters. The lowest BCUT2D eigenvalue weighted by molar-refractivity contribution is -0.0170. The number of ether oxygens (including phenoxy) is 1. The summed E-state index contributed by atoms with van der Waals surface area (Å²) in [5, 5.41) is 12.7. The SMILES string of the molecule is CC(C)NC(C)(CO)COC(C)C(C)C. The molecule has 0 radical (unpaired) electrons.